The minimum atomic E-state index is -3.19. The van der Waals surface area contributed by atoms with Crippen LogP contribution in [0.4, 0.5) is 4.79 Å². The summed E-state index contributed by atoms with van der Waals surface area (Å²) in [5, 5.41) is 3.53. The van der Waals surface area contributed by atoms with Crippen molar-refractivity contribution in [1.29, 1.82) is 0 Å². The molecule has 1 aromatic rings. The van der Waals surface area contributed by atoms with Gasteiger partial charge in [-0.1, -0.05) is 71.8 Å². The van der Waals surface area contributed by atoms with E-state index in [0.717, 1.165) is 25.7 Å². The first-order chi connectivity index (χ1) is 9.08. The molecule has 0 aromatic heterocycles. The average molecular weight is 318 g/mol. The highest BCUT2D eigenvalue weighted by Gasteiger charge is 2.38. The summed E-state index contributed by atoms with van der Waals surface area (Å²) in [5.74, 6) is 0. The summed E-state index contributed by atoms with van der Waals surface area (Å²) in [4.78, 5) is 11.8. The Morgan fingerprint density at radius 1 is 1.16 bits per heavy atom. The third-order valence-corrected chi connectivity index (χ3v) is 6.48. The molecule has 3 nitrogen and oxygen atoms in total. The van der Waals surface area contributed by atoms with Crippen molar-refractivity contribution in [2.75, 3.05) is 0 Å². The molecule has 0 unspecified atom stereocenters. The first kappa shape index (κ1) is 14.7. The Bertz CT molecular complexity index is 422. The van der Waals surface area contributed by atoms with Gasteiger partial charge in [-0.05, 0) is 12.8 Å². The van der Waals surface area contributed by atoms with E-state index < -0.39 is 13.0 Å². The lowest BCUT2D eigenvalue weighted by Crippen LogP contribution is -2.47. The van der Waals surface area contributed by atoms with Crippen molar-refractivity contribution in [3.8, 4) is 0 Å². The van der Waals surface area contributed by atoms with Crippen LogP contribution in [0.2, 0.25) is 0 Å². The minimum Gasteiger partial charge on any atom is -0.472 e. The fourth-order valence-electron chi connectivity index (χ4n) is 2.25. The number of hydrogen-bond donors (Lipinski definition) is 1. The van der Waals surface area contributed by atoms with E-state index in [2.05, 4.69) is 5.32 Å². The van der Waals surface area contributed by atoms with E-state index in [0.29, 0.717) is 5.19 Å². The van der Waals surface area contributed by atoms with Gasteiger partial charge in [0, 0.05) is 11.2 Å². The number of carbonyl (C=O) groups excluding carboxylic acids is 1. The van der Waals surface area contributed by atoms with Crippen LogP contribution in [-0.4, -0.2) is 19.1 Å². The van der Waals surface area contributed by atoms with Crippen LogP contribution < -0.4 is 10.5 Å². The Morgan fingerprint density at radius 2 is 1.79 bits per heavy atom. The third kappa shape index (κ3) is 4.40. The lowest BCUT2D eigenvalue weighted by Gasteiger charge is -2.24. The van der Waals surface area contributed by atoms with Crippen molar-refractivity contribution in [2.24, 2.45) is 0 Å². The highest BCUT2D eigenvalue weighted by molar-refractivity contribution is 7.48. The molecule has 1 fully saturated rings. The fraction of sp³-hybridized carbons (Fsp3) is 0.462. The molecule has 0 atom stereocenters. The van der Waals surface area contributed by atoms with Crippen LogP contribution in [0.25, 0.3) is 0 Å². The molecule has 1 N–H and O–H groups in total. The first-order valence-corrected chi connectivity index (χ1v) is 10.4. The van der Waals surface area contributed by atoms with Crippen LogP contribution in [0.15, 0.2) is 30.3 Å². The van der Waals surface area contributed by atoms with Gasteiger partial charge < -0.3 is 9.74 Å². The Hall–Kier alpha value is -0.713. The molecule has 0 bridgehead atoms. The Balaban J connectivity index is 1.90. The number of benzene rings is 1. The minimum absolute atomic E-state index is 0.190. The molecule has 2 rings (SSSR count). The summed E-state index contributed by atoms with van der Waals surface area (Å²) in [6, 6.07) is 9.26. The molecular weight excluding hydrogens is 301 g/mol. The van der Waals surface area contributed by atoms with Gasteiger partial charge in [0.05, 0.1) is 0 Å². The second kappa shape index (κ2) is 6.64. The van der Waals surface area contributed by atoms with Crippen molar-refractivity contribution < 1.29 is 9.22 Å². The molecule has 1 aliphatic carbocycles. The van der Waals surface area contributed by atoms with Gasteiger partial charge in [0.2, 0.25) is 0 Å². The predicted molar refractivity (Wildman–Crippen MR) is 80.0 cm³/mol. The summed E-state index contributed by atoms with van der Waals surface area (Å²) in [7, 11) is 0. The summed E-state index contributed by atoms with van der Waals surface area (Å²) in [6.07, 6.45) is 5.02. The summed E-state index contributed by atoms with van der Waals surface area (Å²) in [6.45, 7) is -3.19. The van der Waals surface area contributed by atoms with Gasteiger partial charge >= 0.3 is 13.0 Å². The Labute approximate surface area is 123 Å². The van der Waals surface area contributed by atoms with Crippen LogP contribution in [-0.2, 0) is 4.43 Å². The van der Waals surface area contributed by atoms with Crippen LogP contribution in [0.3, 0.4) is 0 Å². The van der Waals surface area contributed by atoms with E-state index in [1.807, 2.05) is 18.2 Å². The van der Waals surface area contributed by atoms with E-state index in [1.54, 1.807) is 12.1 Å². The maximum Gasteiger partial charge on any atom is 0.487 e. The van der Waals surface area contributed by atoms with Gasteiger partial charge in [0.25, 0.3) is 0 Å². The molecule has 0 spiro atoms. The second-order valence-corrected chi connectivity index (χ2v) is 10.3. The number of rotatable bonds is 3. The summed E-state index contributed by atoms with van der Waals surface area (Å²) in [5.41, 5.74) is 0. The maximum atomic E-state index is 11.8. The second-order valence-electron chi connectivity index (χ2n) is 4.75. The van der Waals surface area contributed by atoms with Crippen molar-refractivity contribution >= 4 is 40.4 Å². The van der Waals surface area contributed by atoms with E-state index in [1.165, 1.54) is 6.42 Å². The lowest BCUT2D eigenvalue weighted by molar-refractivity contribution is 0.193. The zero-order valence-corrected chi connectivity index (χ0v) is 13.1. The molecule has 104 valence electrons. The molecule has 0 saturated heterocycles. The predicted octanol–water partition coefficient (Wildman–Crippen LogP) is 3.37. The van der Waals surface area contributed by atoms with E-state index in [4.69, 9.17) is 26.6 Å². The number of amides is 1. The lowest BCUT2D eigenvalue weighted by atomic mass is 9.96. The molecule has 0 aliphatic heterocycles. The topological polar surface area (TPSA) is 38.3 Å². The molecule has 0 heterocycles. The first-order valence-electron chi connectivity index (χ1n) is 6.51. The Morgan fingerprint density at radius 3 is 2.42 bits per heavy atom. The van der Waals surface area contributed by atoms with Crippen molar-refractivity contribution in [1.82, 2.24) is 5.32 Å². The summed E-state index contributed by atoms with van der Waals surface area (Å²) < 4.78 is 5.25. The van der Waals surface area contributed by atoms with Crippen molar-refractivity contribution in [2.45, 2.75) is 38.1 Å². The van der Waals surface area contributed by atoms with E-state index in [-0.39, 0.29) is 6.04 Å². The van der Waals surface area contributed by atoms with Gasteiger partial charge in [0.15, 0.2) is 0 Å². The summed E-state index contributed by atoms with van der Waals surface area (Å²) >= 11 is 12.4. The molecule has 1 amide bonds. The van der Waals surface area contributed by atoms with Gasteiger partial charge in [-0.25, -0.2) is 4.79 Å². The fourth-order valence-corrected chi connectivity index (χ4v) is 4.42. The molecule has 19 heavy (non-hydrogen) atoms. The zero-order chi connectivity index (χ0) is 13.7. The molecule has 0 radical (unpaired) electrons. The third-order valence-electron chi connectivity index (χ3n) is 3.26. The molecule has 6 heteroatoms. The number of halogens is 2. The maximum absolute atomic E-state index is 11.8. The largest absolute Gasteiger partial charge is 0.487 e. The molecule has 1 aliphatic rings. The Kier molecular flexibility index (Phi) is 5.13. The van der Waals surface area contributed by atoms with Crippen LogP contribution in [0.1, 0.15) is 32.1 Å². The smallest absolute Gasteiger partial charge is 0.472 e. The molecule has 1 aromatic carbocycles. The van der Waals surface area contributed by atoms with Crippen LogP contribution in [0.5, 0.6) is 0 Å². The highest BCUT2D eigenvalue weighted by atomic mass is 35.7. The standard InChI is InChI=1S/C13H17Cl2NO2Si/c14-19(15,12-9-5-2-6-10-12)18-13(17)16-11-7-3-1-4-8-11/h2,5-6,9-11H,1,3-4,7-8H2,(H,16,17). The number of hydrogen-bond acceptors (Lipinski definition) is 2. The normalized spacial score (nSPS) is 16.9. The number of nitrogens with one attached hydrogen (secondary N) is 1. The van der Waals surface area contributed by atoms with Crippen molar-refractivity contribution in [3.63, 3.8) is 0 Å². The van der Waals surface area contributed by atoms with Crippen LogP contribution >= 0.6 is 22.2 Å². The molecule has 1 saturated carbocycles. The van der Waals surface area contributed by atoms with Gasteiger partial charge in [-0.15, -0.1) is 0 Å². The van der Waals surface area contributed by atoms with Crippen LogP contribution in [0, 0.1) is 0 Å². The quantitative estimate of drug-likeness (QED) is 0.685. The number of carbonyl (C=O) groups is 1. The zero-order valence-electron chi connectivity index (χ0n) is 10.6. The average Bonchev–Trinajstić information content (AvgIpc) is 2.40. The van der Waals surface area contributed by atoms with Crippen molar-refractivity contribution in [3.05, 3.63) is 30.3 Å². The van der Waals surface area contributed by atoms with E-state index in [9.17, 15) is 4.79 Å². The monoisotopic (exact) mass is 317 g/mol. The van der Waals surface area contributed by atoms with Gasteiger partial charge in [-0.2, -0.15) is 0 Å². The molecular formula is C13H17Cl2NO2Si. The highest BCUT2D eigenvalue weighted by Crippen LogP contribution is 2.20. The SMILES string of the molecule is O=C(NC1CCCCC1)O[Si](Cl)(Cl)c1ccccc1. The van der Waals surface area contributed by atoms with Gasteiger partial charge in [-0.3, -0.25) is 0 Å². The van der Waals surface area contributed by atoms with E-state index >= 15 is 0 Å². The van der Waals surface area contributed by atoms with Gasteiger partial charge in [0.1, 0.15) is 0 Å².